The number of benzene rings is 2. The Morgan fingerprint density at radius 3 is 1.96 bits per heavy atom. The largest absolute Gasteiger partial charge is 0.349 e. The molecule has 2 amide bonds. The molecule has 0 aromatic heterocycles. The van der Waals surface area contributed by atoms with Gasteiger partial charge in [-0.25, -0.2) is 0 Å². The van der Waals surface area contributed by atoms with Crippen LogP contribution in [0, 0.1) is 0 Å². The lowest BCUT2D eigenvalue weighted by atomic mass is 10.0. The summed E-state index contributed by atoms with van der Waals surface area (Å²) in [6.07, 6.45) is 2.13. The Bertz CT molecular complexity index is 729. The van der Waals surface area contributed by atoms with Crippen molar-refractivity contribution in [3.05, 3.63) is 65.2 Å². The van der Waals surface area contributed by atoms with Gasteiger partial charge in [-0.2, -0.15) is 0 Å². The van der Waals surface area contributed by atoms with Gasteiger partial charge in [0, 0.05) is 22.9 Å². The van der Waals surface area contributed by atoms with Crippen LogP contribution in [-0.4, -0.2) is 17.9 Å². The predicted molar refractivity (Wildman–Crippen MR) is 95.4 cm³/mol. The van der Waals surface area contributed by atoms with Crippen molar-refractivity contribution in [2.75, 3.05) is 5.32 Å². The first kappa shape index (κ1) is 16.2. The van der Waals surface area contributed by atoms with E-state index in [0.29, 0.717) is 28.8 Å². The van der Waals surface area contributed by atoms with Crippen molar-refractivity contribution in [3.63, 3.8) is 0 Å². The second kappa shape index (κ2) is 6.87. The van der Waals surface area contributed by atoms with Crippen LogP contribution in [-0.2, 0) is 0 Å². The lowest BCUT2D eigenvalue weighted by molar-refractivity contribution is 0.0950. The van der Waals surface area contributed by atoms with E-state index < -0.39 is 0 Å². The van der Waals surface area contributed by atoms with Gasteiger partial charge in [0.1, 0.15) is 0 Å². The number of anilines is 1. The zero-order valence-electron chi connectivity index (χ0n) is 14.0. The van der Waals surface area contributed by atoms with Crippen LogP contribution in [0.1, 0.15) is 58.9 Å². The van der Waals surface area contributed by atoms with E-state index in [-0.39, 0.29) is 11.8 Å². The maximum absolute atomic E-state index is 12.3. The SMILES string of the molecule is CC(C)c1ccc(C(=O)Nc2ccc(C(=O)NC3CC3)cc2)cc1. The number of hydrogen-bond acceptors (Lipinski definition) is 2. The average molecular weight is 322 g/mol. The fourth-order valence-electron chi connectivity index (χ4n) is 2.42. The molecule has 0 atom stereocenters. The Kier molecular flexibility index (Phi) is 4.65. The van der Waals surface area contributed by atoms with Crippen LogP contribution in [0.15, 0.2) is 48.5 Å². The van der Waals surface area contributed by atoms with E-state index in [0.717, 1.165) is 12.8 Å². The molecule has 1 fully saturated rings. The number of carbonyl (C=O) groups excluding carboxylic acids is 2. The van der Waals surface area contributed by atoms with Crippen LogP contribution in [0.3, 0.4) is 0 Å². The third-order valence-electron chi connectivity index (χ3n) is 4.16. The summed E-state index contributed by atoms with van der Waals surface area (Å²) in [5, 5.41) is 5.80. The second-order valence-corrected chi connectivity index (χ2v) is 6.56. The molecule has 124 valence electrons. The van der Waals surface area contributed by atoms with E-state index >= 15 is 0 Å². The Morgan fingerprint density at radius 1 is 0.875 bits per heavy atom. The van der Waals surface area contributed by atoms with Crippen LogP contribution >= 0.6 is 0 Å². The van der Waals surface area contributed by atoms with Gasteiger partial charge in [0.25, 0.3) is 11.8 Å². The normalized spacial score (nSPS) is 13.6. The molecule has 24 heavy (non-hydrogen) atoms. The Balaban J connectivity index is 1.62. The number of hydrogen-bond donors (Lipinski definition) is 2. The molecule has 2 aromatic carbocycles. The number of carbonyl (C=O) groups is 2. The highest BCUT2D eigenvalue weighted by molar-refractivity contribution is 6.04. The molecule has 0 aliphatic heterocycles. The summed E-state index contributed by atoms with van der Waals surface area (Å²) in [6, 6.07) is 14.9. The lowest BCUT2D eigenvalue weighted by Crippen LogP contribution is -2.25. The minimum atomic E-state index is -0.152. The summed E-state index contributed by atoms with van der Waals surface area (Å²) >= 11 is 0. The molecular formula is C20H22N2O2. The van der Waals surface area contributed by atoms with Crippen molar-refractivity contribution in [1.82, 2.24) is 5.32 Å². The van der Waals surface area contributed by atoms with E-state index in [4.69, 9.17) is 0 Å². The third-order valence-corrected chi connectivity index (χ3v) is 4.16. The molecule has 0 radical (unpaired) electrons. The quantitative estimate of drug-likeness (QED) is 0.875. The minimum Gasteiger partial charge on any atom is -0.349 e. The molecule has 1 aliphatic rings. The van der Waals surface area contributed by atoms with E-state index in [1.165, 1.54) is 5.56 Å². The van der Waals surface area contributed by atoms with Gasteiger partial charge < -0.3 is 10.6 Å². The molecule has 0 unspecified atom stereocenters. The van der Waals surface area contributed by atoms with Crippen LogP contribution in [0.4, 0.5) is 5.69 Å². The average Bonchev–Trinajstić information content (AvgIpc) is 3.39. The molecule has 3 rings (SSSR count). The Hall–Kier alpha value is -2.62. The molecule has 0 spiro atoms. The van der Waals surface area contributed by atoms with Gasteiger partial charge in [0.2, 0.25) is 0 Å². The first-order valence-corrected chi connectivity index (χ1v) is 8.35. The molecule has 2 N–H and O–H groups in total. The number of rotatable bonds is 5. The fourth-order valence-corrected chi connectivity index (χ4v) is 2.42. The predicted octanol–water partition coefficient (Wildman–Crippen LogP) is 3.95. The van der Waals surface area contributed by atoms with Crippen molar-refractivity contribution >= 4 is 17.5 Å². The van der Waals surface area contributed by atoms with E-state index in [9.17, 15) is 9.59 Å². The second-order valence-electron chi connectivity index (χ2n) is 6.56. The van der Waals surface area contributed by atoms with Crippen molar-refractivity contribution in [3.8, 4) is 0 Å². The van der Waals surface area contributed by atoms with Crippen molar-refractivity contribution in [2.24, 2.45) is 0 Å². The van der Waals surface area contributed by atoms with E-state index in [2.05, 4.69) is 24.5 Å². The standard InChI is InChI=1S/C20H22N2O2/c1-13(2)14-3-5-15(6-4-14)19(23)21-17-9-7-16(8-10-17)20(24)22-18-11-12-18/h3-10,13,18H,11-12H2,1-2H3,(H,21,23)(H,22,24). The summed E-state index contributed by atoms with van der Waals surface area (Å²) in [6.45, 7) is 4.24. The first-order chi connectivity index (χ1) is 11.5. The van der Waals surface area contributed by atoms with Gasteiger partial charge in [0.15, 0.2) is 0 Å². The highest BCUT2D eigenvalue weighted by atomic mass is 16.2. The summed E-state index contributed by atoms with van der Waals surface area (Å²) in [5.41, 5.74) is 3.12. The van der Waals surface area contributed by atoms with Gasteiger partial charge in [-0.15, -0.1) is 0 Å². The van der Waals surface area contributed by atoms with Crippen LogP contribution in [0.25, 0.3) is 0 Å². The Morgan fingerprint density at radius 2 is 1.42 bits per heavy atom. The zero-order chi connectivity index (χ0) is 17.1. The maximum Gasteiger partial charge on any atom is 0.255 e. The molecular weight excluding hydrogens is 300 g/mol. The van der Waals surface area contributed by atoms with Gasteiger partial charge >= 0.3 is 0 Å². The fraction of sp³-hybridized carbons (Fsp3) is 0.300. The molecule has 4 heteroatoms. The molecule has 4 nitrogen and oxygen atoms in total. The highest BCUT2D eigenvalue weighted by Gasteiger charge is 2.23. The van der Waals surface area contributed by atoms with Gasteiger partial charge in [-0.1, -0.05) is 26.0 Å². The van der Waals surface area contributed by atoms with Gasteiger partial charge in [0.05, 0.1) is 0 Å². The Labute approximate surface area is 142 Å². The van der Waals surface area contributed by atoms with E-state index in [1.807, 2.05) is 24.3 Å². The minimum absolute atomic E-state index is 0.0559. The van der Waals surface area contributed by atoms with Crippen LogP contribution < -0.4 is 10.6 Å². The van der Waals surface area contributed by atoms with Crippen LogP contribution in [0.2, 0.25) is 0 Å². The summed E-state index contributed by atoms with van der Waals surface area (Å²) < 4.78 is 0. The third kappa shape index (κ3) is 4.02. The van der Waals surface area contributed by atoms with Gasteiger partial charge in [-0.05, 0) is 60.7 Å². The monoisotopic (exact) mass is 322 g/mol. The smallest absolute Gasteiger partial charge is 0.255 e. The molecule has 0 bridgehead atoms. The van der Waals surface area contributed by atoms with Crippen molar-refractivity contribution in [1.29, 1.82) is 0 Å². The molecule has 1 saturated carbocycles. The zero-order valence-corrected chi connectivity index (χ0v) is 14.0. The first-order valence-electron chi connectivity index (χ1n) is 8.35. The summed E-state index contributed by atoms with van der Waals surface area (Å²) in [7, 11) is 0. The number of amides is 2. The van der Waals surface area contributed by atoms with Gasteiger partial charge in [-0.3, -0.25) is 9.59 Å². The molecule has 0 heterocycles. The lowest BCUT2D eigenvalue weighted by Gasteiger charge is -2.09. The highest BCUT2D eigenvalue weighted by Crippen LogP contribution is 2.20. The topological polar surface area (TPSA) is 58.2 Å². The van der Waals surface area contributed by atoms with Crippen LogP contribution in [0.5, 0.6) is 0 Å². The summed E-state index contributed by atoms with van der Waals surface area (Å²) in [5.74, 6) is 0.233. The van der Waals surface area contributed by atoms with Crippen molar-refractivity contribution < 1.29 is 9.59 Å². The molecule has 0 saturated heterocycles. The number of nitrogens with one attached hydrogen (secondary N) is 2. The summed E-state index contributed by atoms with van der Waals surface area (Å²) in [4.78, 5) is 24.2. The molecule has 1 aliphatic carbocycles. The molecule has 2 aromatic rings. The van der Waals surface area contributed by atoms with E-state index in [1.54, 1.807) is 24.3 Å². The van der Waals surface area contributed by atoms with Crippen molar-refractivity contribution in [2.45, 2.75) is 38.6 Å². The maximum atomic E-state index is 12.3.